The Balaban J connectivity index is 0.000000823. The van der Waals surface area contributed by atoms with Gasteiger partial charge < -0.3 is 19.6 Å². The van der Waals surface area contributed by atoms with Gasteiger partial charge in [-0.2, -0.15) is 0 Å². The van der Waals surface area contributed by atoms with Gasteiger partial charge in [-0.05, 0) is 93.2 Å². The van der Waals surface area contributed by atoms with Gasteiger partial charge in [-0.15, -0.1) is 0 Å². The Hall–Kier alpha value is -0.940. The van der Waals surface area contributed by atoms with Crippen LogP contribution in [0.3, 0.4) is 0 Å². The van der Waals surface area contributed by atoms with E-state index in [0.29, 0.717) is 12.3 Å². The van der Waals surface area contributed by atoms with Crippen LogP contribution < -0.4 is 5.32 Å². The number of piperidine rings is 1. The standard InChI is InChI=1S/C15H27NO3.C5H12O/c1-14(2,3)19-13(18)15(4,11-17)8-5-12-6-9-16-10-7-12;1-5(2,3)6-4/h11-12,16H,5-10H2,1-4H3;1-4H3. The van der Waals surface area contributed by atoms with Gasteiger partial charge in [0, 0.05) is 7.11 Å². The van der Waals surface area contributed by atoms with Gasteiger partial charge in [-0.1, -0.05) is 0 Å². The summed E-state index contributed by atoms with van der Waals surface area (Å²) < 4.78 is 10.3. The van der Waals surface area contributed by atoms with E-state index in [1.807, 2.05) is 41.5 Å². The third-order valence-corrected chi connectivity index (χ3v) is 4.27. The Bertz CT molecular complexity index is 403. The number of methoxy groups -OCH3 is 1. The highest BCUT2D eigenvalue weighted by Gasteiger charge is 2.37. The van der Waals surface area contributed by atoms with Gasteiger partial charge in [-0.3, -0.25) is 4.79 Å². The molecule has 1 heterocycles. The maximum Gasteiger partial charge on any atom is 0.319 e. The molecule has 0 saturated carbocycles. The van der Waals surface area contributed by atoms with Gasteiger partial charge in [0.1, 0.15) is 17.3 Å². The summed E-state index contributed by atoms with van der Waals surface area (Å²) >= 11 is 0. The second-order valence-electron chi connectivity index (χ2n) is 9.09. The summed E-state index contributed by atoms with van der Waals surface area (Å²) in [5, 5.41) is 3.32. The molecule has 5 heteroatoms. The number of hydrogen-bond acceptors (Lipinski definition) is 5. The molecule has 0 aromatic heterocycles. The minimum Gasteiger partial charge on any atom is -0.459 e. The maximum absolute atomic E-state index is 12.1. The Morgan fingerprint density at radius 1 is 1.04 bits per heavy atom. The summed E-state index contributed by atoms with van der Waals surface area (Å²) in [6.45, 7) is 15.3. The lowest BCUT2D eigenvalue weighted by atomic mass is 9.81. The molecule has 0 aliphatic carbocycles. The van der Waals surface area contributed by atoms with E-state index in [0.717, 1.165) is 38.6 Å². The van der Waals surface area contributed by atoms with Gasteiger partial charge >= 0.3 is 5.97 Å². The van der Waals surface area contributed by atoms with Crippen molar-refractivity contribution in [2.45, 2.75) is 85.4 Å². The van der Waals surface area contributed by atoms with Crippen LogP contribution >= 0.6 is 0 Å². The van der Waals surface area contributed by atoms with Crippen LogP contribution in [0.25, 0.3) is 0 Å². The fourth-order valence-electron chi connectivity index (χ4n) is 2.28. The molecule has 1 aliphatic rings. The fourth-order valence-corrected chi connectivity index (χ4v) is 2.28. The molecule has 5 nitrogen and oxygen atoms in total. The maximum atomic E-state index is 12.1. The van der Waals surface area contributed by atoms with Gasteiger partial charge in [0.25, 0.3) is 0 Å². The fraction of sp³-hybridized carbons (Fsp3) is 0.900. The van der Waals surface area contributed by atoms with Crippen LogP contribution in [0.4, 0.5) is 0 Å². The van der Waals surface area contributed by atoms with E-state index in [4.69, 9.17) is 9.47 Å². The predicted octanol–water partition coefficient (Wildman–Crippen LogP) is 3.74. The van der Waals surface area contributed by atoms with Gasteiger partial charge in [-0.25, -0.2) is 0 Å². The first-order valence-electron chi connectivity index (χ1n) is 9.28. The van der Waals surface area contributed by atoms with Crippen LogP contribution in [0.2, 0.25) is 0 Å². The van der Waals surface area contributed by atoms with E-state index in [-0.39, 0.29) is 5.60 Å². The quantitative estimate of drug-likeness (QED) is 0.461. The number of nitrogens with one attached hydrogen (secondary N) is 1. The first-order valence-corrected chi connectivity index (χ1v) is 9.28. The highest BCUT2D eigenvalue weighted by Crippen LogP contribution is 2.29. The number of esters is 1. The second-order valence-corrected chi connectivity index (χ2v) is 9.09. The molecule has 1 N–H and O–H groups in total. The molecule has 0 amide bonds. The summed E-state index contributed by atoms with van der Waals surface area (Å²) in [5.41, 5.74) is -1.51. The molecule has 0 radical (unpaired) electrons. The van der Waals surface area contributed by atoms with E-state index >= 15 is 0 Å². The smallest absolute Gasteiger partial charge is 0.319 e. The molecule has 1 unspecified atom stereocenters. The summed E-state index contributed by atoms with van der Waals surface area (Å²) in [5.74, 6) is 0.215. The lowest BCUT2D eigenvalue weighted by Crippen LogP contribution is -2.37. The van der Waals surface area contributed by atoms with Crippen molar-refractivity contribution in [2.24, 2.45) is 11.3 Å². The minimum absolute atomic E-state index is 0.0417. The lowest BCUT2D eigenvalue weighted by molar-refractivity contribution is -0.167. The predicted molar refractivity (Wildman–Crippen MR) is 102 cm³/mol. The third kappa shape index (κ3) is 11.3. The first kappa shape index (κ1) is 24.1. The van der Waals surface area contributed by atoms with Crippen molar-refractivity contribution in [3.8, 4) is 0 Å². The number of hydrogen-bond donors (Lipinski definition) is 1. The summed E-state index contributed by atoms with van der Waals surface area (Å²) in [6.07, 6.45) is 4.50. The summed E-state index contributed by atoms with van der Waals surface area (Å²) in [4.78, 5) is 23.4. The minimum atomic E-state index is -1.00. The largest absolute Gasteiger partial charge is 0.459 e. The zero-order chi connectivity index (χ0) is 19.7. The molecular formula is C20H39NO4. The topological polar surface area (TPSA) is 64.6 Å². The highest BCUT2D eigenvalue weighted by molar-refractivity contribution is 5.92. The van der Waals surface area contributed by atoms with Gasteiger partial charge in [0.05, 0.1) is 5.60 Å². The highest BCUT2D eigenvalue weighted by atomic mass is 16.6. The van der Waals surface area contributed by atoms with Crippen LogP contribution in [-0.2, 0) is 19.1 Å². The first-order chi connectivity index (χ1) is 11.3. The Labute approximate surface area is 154 Å². The van der Waals surface area contributed by atoms with Crippen LogP contribution in [-0.4, -0.2) is 43.7 Å². The van der Waals surface area contributed by atoms with Crippen LogP contribution in [0.15, 0.2) is 0 Å². The Morgan fingerprint density at radius 2 is 1.52 bits per heavy atom. The molecule has 1 aliphatic heterocycles. The average molecular weight is 358 g/mol. The zero-order valence-electron chi connectivity index (χ0n) is 17.5. The molecular weight excluding hydrogens is 318 g/mol. The van der Waals surface area contributed by atoms with Crippen molar-refractivity contribution >= 4 is 12.3 Å². The van der Waals surface area contributed by atoms with E-state index in [2.05, 4.69) is 5.32 Å². The SMILES string of the molecule is CC(C)(C)OC(=O)C(C)(C=O)CCC1CCNCC1.COC(C)(C)C. The molecule has 25 heavy (non-hydrogen) atoms. The van der Waals surface area contributed by atoms with E-state index < -0.39 is 17.0 Å². The Kier molecular flexibility index (Phi) is 9.88. The van der Waals surface area contributed by atoms with Crippen molar-refractivity contribution in [1.29, 1.82) is 0 Å². The van der Waals surface area contributed by atoms with E-state index in [1.54, 1.807) is 14.0 Å². The molecule has 1 saturated heterocycles. The molecule has 0 aromatic carbocycles. The summed E-state index contributed by atoms with van der Waals surface area (Å²) in [7, 11) is 1.71. The third-order valence-electron chi connectivity index (χ3n) is 4.27. The monoisotopic (exact) mass is 357 g/mol. The molecule has 1 atom stereocenters. The number of ether oxygens (including phenoxy) is 2. The van der Waals surface area contributed by atoms with Gasteiger partial charge in [0.15, 0.2) is 0 Å². The van der Waals surface area contributed by atoms with Crippen molar-refractivity contribution in [3.05, 3.63) is 0 Å². The van der Waals surface area contributed by atoms with Crippen molar-refractivity contribution in [1.82, 2.24) is 5.32 Å². The normalized spacial score (nSPS) is 18.6. The number of aldehydes is 1. The molecule has 1 fully saturated rings. The number of rotatable bonds is 5. The van der Waals surface area contributed by atoms with E-state index in [9.17, 15) is 9.59 Å². The molecule has 0 bridgehead atoms. The van der Waals surface area contributed by atoms with Crippen molar-refractivity contribution in [2.75, 3.05) is 20.2 Å². The summed E-state index contributed by atoms with van der Waals surface area (Å²) in [6, 6.07) is 0. The van der Waals surface area contributed by atoms with Crippen molar-refractivity contribution in [3.63, 3.8) is 0 Å². The van der Waals surface area contributed by atoms with Crippen molar-refractivity contribution < 1.29 is 19.1 Å². The molecule has 0 spiro atoms. The Morgan fingerprint density at radius 3 is 1.88 bits per heavy atom. The van der Waals surface area contributed by atoms with Crippen LogP contribution in [0.5, 0.6) is 0 Å². The zero-order valence-corrected chi connectivity index (χ0v) is 17.5. The van der Waals surface area contributed by atoms with Gasteiger partial charge in [0.2, 0.25) is 0 Å². The molecule has 148 valence electrons. The second kappa shape index (κ2) is 10.3. The molecule has 1 rings (SSSR count). The number of carbonyl (C=O) groups is 2. The number of carbonyl (C=O) groups excluding carboxylic acids is 2. The lowest BCUT2D eigenvalue weighted by Gasteiger charge is -2.29. The molecule has 0 aromatic rings. The van der Waals surface area contributed by atoms with E-state index in [1.165, 1.54) is 0 Å². The van der Waals surface area contributed by atoms with Crippen LogP contribution in [0, 0.1) is 11.3 Å². The average Bonchev–Trinajstić information content (AvgIpc) is 2.52. The van der Waals surface area contributed by atoms with Crippen LogP contribution in [0.1, 0.15) is 74.1 Å².